The number of carbonyl (C=O) groups is 1. The molecule has 0 heterocycles. The van der Waals surface area contributed by atoms with Gasteiger partial charge in [-0.25, -0.2) is 0 Å². The third kappa shape index (κ3) is 4.97. The molecule has 2 N–H and O–H groups in total. The molecule has 0 saturated heterocycles. The number of carbonyl (C=O) groups excluding carboxylic acids is 1. The topological polar surface area (TPSA) is 52.3 Å². The maximum Gasteiger partial charge on any atom is 0.310 e. The zero-order valence-electron chi connectivity index (χ0n) is 12.4. The van der Waals surface area contributed by atoms with E-state index in [1.165, 1.54) is 19.3 Å². The SMILES string of the molecule is CC1CCCCC1OC(=O)C(CN)CC(C)(C)C. The normalized spacial score (nSPS) is 26.7. The van der Waals surface area contributed by atoms with Crippen LogP contribution >= 0.6 is 0 Å². The standard InChI is InChI=1S/C15H29NO2/c1-11-7-5-6-8-13(11)18-14(17)12(10-16)9-15(2,3)4/h11-13H,5-10,16H2,1-4H3. The molecule has 0 radical (unpaired) electrons. The predicted molar refractivity (Wildman–Crippen MR) is 74.1 cm³/mol. The van der Waals surface area contributed by atoms with Gasteiger partial charge in [-0.2, -0.15) is 0 Å². The minimum atomic E-state index is -0.154. The van der Waals surface area contributed by atoms with Crippen LogP contribution in [0.15, 0.2) is 0 Å². The fraction of sp³-hybridized carbons (Fsp3) is 0.933. The molecule has 3 heteroatoms. The summed E-state index contributed by atoms with van der Waals surface area (Å²) in [6.07, 6.45) is 5.53. The Morgan fingerprint density at radius 3 is 2.44 bits per heavy atom. The highest BCUT2D eigenvalue weighted by Gasteiger charge is 2.30. The monoisotopic (exact) mass is 255 g/mol. The van der Waals surface area contributed by atoms with E-state index in [-0.39, 0.29) is 23.4 Å². The van der Waals surface area contributed by atoms with Gasteiger partial charge >= 0.3 is 5.97 Å². The molecule has 0 aromatic heterocycles. The van der Waals surface area contributed by atoms with Gasteiger partial charge < -0.3 is 10.5 Å². The zero-order valence-corrected chi connectivity index (χ0v) is 12.4. The Hall–Kier alpha value is -0.570. The predicted octanol–water partition coefficient (Wildman–Crippen LogP) is 3.12. The van der Waals surface area contributed by atoms with Gasteiger partial charge in [0.05, 0.1) is 5.92 Å². The highest BCUT2D eigenvalue weighted by atomic mass is 16.5. The number of ether oxygens (including phenoxy) is 1. The smallest absolute Gasteiger partial charge is 0.310 e. The Kier molecular flexibility index (Phi) is 5.64. The average Bonchev–Trinajstić information content (AvgIpc) is 2.27. The summed E-state index contributed by atoms with van der Waals surface area (Å²) < 4.78 is 5.68. The average molecular weight is 255 g/mol. The van der Waals surface area contributed by atoms with Gasteiger partial charge in [0.2, 0.25) is 0 Å². The molecule has 0 aliphatic heterocycles. The highest BCUT2D eigenvalue weighted by Crippen LogP contribution is 2.29. The highest BCUT2D eigenvalue weighted by molar-refractivity contribution is 5.73. The molecule has 1 aliphatic carbocycles. The maximum atomic E-state index is 12.2. The van der Waals surface area contributed by atoms with Crippen molar-refractivity contribution in [2.75, 3.05) is 6.54 Å². The molecule has 0 aromatic carbocycles. The van der Waals surface area contributed by atoms with Crippen LogP contribution in [-0.4, -0.2) is 18.6 Å². The maximum absolute atomic E-state index is 12.2. The lowest BCUT2D eigenvalue weighted by molar-refractivity contribution is -0.159. The first-order chi connectivity index (χ1) is 8.33. The lowest BCUT2D eigenvalue weighted by Gasteiger charge is -2.31. The number of rotatable bonds is 4. The van der Waals surface area contributed by atoms with Crippen molar-refractivity contribution in [3.8, 4) is 0 Å². The largest absolute Gasteiger partial charge is 0.462 e. The van der Waals surface area contributed by atoms with Crippen LogP contribution in [0.3, 0.4) is 0 Å². The van der Waals surface area contributed by atoms with Crippen LogP contribution in [0.2, 0.25) is 0 Å². The van der Waals surface area contributed by atoms with Crippen molar-refractivity contribution in [3.63, 3.8) is 0 Å². The lowest BCUT2D eigenvalue weighted by Crippen LogP contribution is -2.35. The number of nitrogens with two attached hydrogens (primary N) is 1. The molecule has 1 aliphatic rings. The van der Waals surface area contributed by atoms with E-state index in [2.05, 4.69) is 27.7 Å². The molecule has 1 saturated carbocycles. The molecule has 1 rings (SSSR count). The van der Waals surface area contributed by atoms with Gasteiger partial charge in [-0.05, 0) is 37.0 Å². The van der Waals surface area contributed by atoms with E-state index in [9.17, 15) is 4.79 Å². The van der Waals surface area contributed by atoms with E-state index >= 15 is 0 Å². The summed E-state index contributed by atoms with van der Waals surface area (Å²) in [5, 5.41) is 0. The van der Waals surface area contributed by atoms with Crippen molar-refractivity contribution in [1.29, 1.82) is 0 Å². The summed E-state index contributed by atoms with van der Waals surface area (Å²) in [5.74, 6) is 0.251. The van der Waals surface area contributed by atoms with Gasteiger partial charge in [0.25, 0.3) is 0 Å². The van der Waals surface area contributed by atoms with Crippen LogP contribution in [0.4, 0.5) is 0 Å². The summed E-state index contributed by atoms with van der Waals surface area (Å²) >= 11 is 0. The Bertz CT molecular complexity index is 270. The second-order valence-corrected chi connectivity index (χ2v) is 6.93. The molecule has 0 aromatic rings. The molecule has 18 heavy (non-hydrogen) atoms. The fourth-order valence-corrected chi connectivity index (χ4v) is 2.70. The van der Waals surface area contributed by atoms with E-state index in [0.29, 0.717) is 12.5 Å². The molecule has 3 atom stereocenters. The van der Waals surface area contributed by atoms with Crippen molar-refractivity contribution in [2.45, 2.75) is 65.9 Å². The van der Waals surface area contributed by atoms with Crippen molar-refractivity contribution in [1.82, 2.24) is 0 Å². The van der Waals surface area contributed by atoms with Crippen molar-refractivity contribution >= 4 is 5.97 Å². The zero-order chi connectivity index (χ0) is 13.8. The molecule has 0 spiro atoms. The Labute approximate surface area is 111 Å². The molecule has 3 nitrogen and oxygen atoms in total. The second-order valence-electron chi connectivity index (χ2n) is 6.93. The van der Waals surface area contributed by atoms with Crippen LogP contribution < -0.4 is 5.73 Å². The van der Waals surface area contributed by atoms with Crippen molar-refractivity contribution < 1.29 is 9.53 Å². The van der Waals surface area contributed by atoms with Gasteiger partial charge in [-0.3, -0.25) is 4.79 Å². The molecule has 3 unspecified atom stereocenters. The summed E-state index contributed by atoms with van der Waals surface area (Å²) in [6, 6.07) is 0. The molecule has 0 amide bonds. The molecule has 0 bridgehead atoms. The summed E-state index contributed by atoms with van der Waals surface area (Å²) in [6.45, 7) is 8.96. The second kappa shape index (κ2) is 6.55. The van der Waals surface area contributed by atoms with Gasteiger partial charge in [0, 0.05) is 6.54 Å². The van der Waals surface area contributed by atoms with Crippen LogP contribution in [0.1, 0.15) is 59.8 Å². The van der Waals surface area contributed by atoms with Crippen molar-refractivity contribution in [2.24, 2.45) is 23.0 Å². The Morgan fingerprint density at radius 2 is 1.94 bits per heavy atom. The summed E-state index contributed by atoms with van der Waals surface area (Å²) in [4.78, 5) is 12.2. The van der Waals surface area contributed by atoms with Crippen molar-refractivity contribution in [3.05, 3.63) is 0 Å². The van der Waals surface area contributed by atoms with E-state index < -0.39 is 0 Å². The van der Waals surface area contributed by atoms with Gasteiger partial charge in [0.1, 0.15) is 6.10 Å². The van der Waals surface area contributed by atoms with Crippen LogP contribution in [0, 0.1) is 17.3 Å². The first-order valence-electron chi connectivity index (χ1n) is 7.24. The summed E-state index contributed by atoms with van der Waals surface area (Å²) in [5.41, 5.74) is 5.83. The van der Waals surface area contributed by atoms with Crippen LogP contribution in [-0.2, 0) is 9.53 Å². The number of esters is 1. The summed E-state index contributed by atoms with van der Waals surface area (Å²) in [7, 11) is 0. The van der Waals surface area contributed by atoms with Crippen LogP contribution in [0.25, 0.3) is 0 Å². The fourth-order valence-electron chi connectivity index (χ4n) is 2.70. The first-order valence-corrected chi connectivity index (χ1v) is 7.24. The number of hydrogen-bond acceptors (Lipinski definition) is 3. The molecular weight excluding hydrogens is 226 g/mol. The van der Waals surface area contributed by atoms with E-state index in [1.807, 2.05) is 0 Å². The van der Waals surface area contributed by atoms with Gasteiger partial charge in [-0.15, -0.1) is 0 Å². The number of hydrogen-bond donors (Lipinski definition) is 1. The minimum absolute atomic E-state index is 0.0915. The molecular formula is C15H29NO2. The Balaban J connectivity index is 2.51. The van der Waals surface area contributed by atoms with E-state index in [1.54, 1.807) is 0 Å². The lowest BCUT2D eigenvalue weighted by atomic mass is 9.84. The minimum Gasteiger partial charge on any atom is -0.462 e. The van der Waals surface area contributed by atoms with Crippen LogP contribution in [0.5, 0.6) is 0 Å². The van der Waals surface area contributed by atoms with Gasteiger partial charge in [-0.1, -0.05) is 34.1 Å². The van der Waals surface area contributed by atoms with Gasteiger partial charge in [0.15, 0.2) is 0 Å². The third-order valence-electron chi connectivity index (χ3n) is 3.78. The van der Waals surface area contributed by atoms with E-state index in [0.717, 1.165) is 12.8 Å². The van der Waals surface area contributed by atoms with E-state index in [4.69, 9.17) is 10.5 Å². The molecule has 106 valence electrons. The first kappa shape index (κ1) is 15.5. The third-order valence-corrected chi connectivity index (χ3v) is 3.78. The Morgan fingerprint density at radius 1 is 1.33 bits per heavy atom. The molecule has 1 fully saturated rings. The quantitative estimate of drug-likeness (QED) is 0.785.